The van der Waals surface area contributed by atoms with Crippen molar-refractivity contribution in [2.24, 2.45) is 5.92 Å². The third kappa shape index (κ3) is 3.70. The number of halogens is 1. The monoisotopic (exact) mass is 388 g/mol. The highest BCUT2D eigenvalue weighted by Crippen LogP contribution is 2.29. The highest BCUT2D eigenvalue weighted by Gasteiger charge is 2.33. The number of nitrogens with one attached hydrogen (secondary N) is 2. The number of β-amino-alcohol motifs (C(OH)–C–C–N with tert-alkyl or cyclic N) is 1. The predicted molar refractivity (Wildman–Crippen MR) is 111 cm³/mol. The van der Waals surface area contributed by atoms with Crippen molar-refractivity contribution in [1.29, 1.82) is 0 Å². The number of pyridine rings is 2. The molecule has 3 aromatic rings. The summed E-state index contributed by atoms with van der Waals surface area (Å²) in [6, 6.07) is 6.71. The number of aromatic amines is 1. The fourth-order valence-corrected chi connectivity index (χ4v) is 3.93. The smallest absolute Gasteiger partial charge is 0.181 e. The van der Waals surface area contributed by atoms with Crippen molar-refractivity contribution in [3.8, 4) is 11.4 Å². The summed E-state index contributed by atoms with van der Waals surface area (Å²) in [5.74, 6) is 0.574. The van der Waals surface area contributed by atoms with Crippen LogP contribution in [-0.2, 0) is 0 Å². The maximum absolute atomic E-state index is 14.6. The van der Waals surface area contributed by atoms with Gasteiger partial charge in [-0.1, -0.05) is 13.8 Å². The number of aliphatic hydroxyl groups is 1. The first kappa shape index (κ1) is 18.8. The zero-order valence-electron chi connectivity index (χ0n) is 16.1. The number of hydrogen-bond donors (Lipinski definition) is 3. The van der Waals surface area contributed by atoms with Crippen LogP contribution in [0.4, 0.5) is 10.2 Å². The second-order valence-electron chi connectivity index (χ2n) is 7.89. The van der Waals surface area contributed by atoms with Gasteiger partial charge in [-0.3, -0.25) is 5.10 Å². The lowest BCUT2D eigenvalue weighted by molar-refractivity contribution is 0.0321. The first-order valence-electron chi connectivity index (χ1n) is 9.59. The summed E-state index contributed by atoms with van der Waals surface area (Å²) in [5.41, 5.74) is 0.380. The number of H-pyrrole nitrogens is 1. The van der Waals surface area contributed by atoms with E-state index < -0.39 is 11.4 Å². The van der Waals surface area contributed by atoms with Crippen LogP contribution in [-0.4, -0.2) is 57.1 Å². The summed E-state index contributed by atoms with van der Waals surface area (Å²) in [7, 11) is 0. The molecule has 4 heterocycles. The second-order valence-corrected chi connectivity index (χ2v) is 7.89. The van der Waals surface area contributed by atoms with Crippen molar-refractivity contribution in [3.63, 3.8) is 0 Å². The van der Waals surface area contributed by atoms with Crippen LogP contribution in [0.5, 0.6) is 0 Å². The molecule has 3 aromatic heterocycles. The van der Waals surface area contributed by atoms with Crippen molar-refractivity contribution in [2.75, 3.05) is 31.1 Å². The van der Waals surface area contributed by atoms with Gasteiger partial charge in [0.2, 0.25) is 0 Å². The van der Waals surface area contributed by atoms with Gasteiger partial charge in [-0.25, -0.2) is 14.4 Å². The molecular weight excluding hydrogens is 359 g/mol. The predicted octanol–water partition coefficient (Wildman–Crippen LogP) is 2.84. The number of aromatic nitrogens is 4. The third-order valence-electron chi connectivity index (χ3n) is 5.01. The van der Waals surface area contributed by atoms with Gasteiger partial charge in [0.15, 0.2) is 11.5 Å². The fraction of sp³-hybridized carbons (Fsp3) is 0.450. The quantitative estimate of drug-likeness (QED) is 0.637. The Labute approximate surface area is 166 Å². The molecule has 0 bridgehead atoms. The molecule has 4 rings (SSSR count). The number of nitrogens with zero attached hydrogens (tertiary/aromatic N) is 4. The minimum atomic E-state index is -0.856. The van der Waals surface area contributed by atoms with E-state index in [0.29, 0.717) is 49.1 Å². The Balaban J connectivity index is 0.00000160. The SMILES string of the molecule is CC(C)CC1(O)CNCCN(c2ccc(F)c(-c3[nH]nc4ncccc34)n2)C1.[HH].[HH]. The Morgan fingerprint density at radius 1 is 1.36 bits per heavy atom. The van der Waals surface area contributed by atoms with Crippen LogP contribution in [0.2, 0.25) is 0 Å². The molecular formula is C20H29FN6O. The Morgan fingerprint density at radius 3 is 3.04 bits per heavy atom. The van der Waals surface area contributed by atoms with Crippen LogP contribution in [0.3, 0.4) is 0 Å². The summed E-state index contributed by atoms with van der Waals surface area (Å²) < 4.78 is 14.6. The lowest BCUT2D eigenvalue weighted by Crippen LogP contribution is -2.47. The highest BCUT2D eigenvalue weighted by molar-refractivity contribution is 5.89. The van der Waals surface area contributed by atoms with Crippen molar-refractivity contribution in [1.82, 2.24) is 25.5 Å². The molecule has 0 amide bonds. The van der Waals surface area contributed by atoms with Gasteiger partial charge in [0.05, 0.1) is 11.3 Å². The van der Waals surface area contributed by atoms with Gasteiger partial charge in [0.1, 0.15) is 11.5 Å². The van der Waals surface area contributed by atoms with Crippen molar-refractivity contribution < 1.29 is 12.4 Å². The van der Waals surface area contributed by atoms with Gasteiger partial charge >= 0.3 is 0 Å². The highest BCUT2D eigenvalue weighted by atomic mass is 19.1. The summed E-state index contributed by atoms with van der Waals surface area (Å²) >= 11 is 0. The molecule has 1 aliphatic heterocycles. The summed E-state index contributed by atoms with van der Waals surface area (Å²) in [5, 5.41) is 22.1. The molecule has 0 radical (unpaired) electrons. The number of anilines is 1. The van der Waals surface area contributed by atoms with Crippen LogP contribution < -0.4 is 10.2 Å². The van der Waals surface area contributed by atoms with E-state index in [-0.39, 0.29) is 8.55 Å². The second kappa shape index (κ2) is 7.44. The van der Waals surface area contributed by atoms with Crippen LogP contribution in [0.15, 0.2) is 30.5 Å². The van der Waals surface area contributed by atoms with E-state index in [1.807, 2.05) is 11.0 Å². The largest absolute Gasteiger partial charge is 0.387 e. The molecule has 1 saturated heterocycles. The molecule has 0 saturated carbocycles. The first-order valence-corrected chi connectivity index (χ1v) is 9.59. The minimum Gasteiger partial charge on any atom is -0.387 e. The van der Waals surface area contributed by atoms with E-state index in [0.717, 1.165) is 11.9 Å². The third-order valence-corrected chi connectivity index (χ3v) is 5.01. The van der Waals surface area contributed by atoms with Gasteiger partial charge in [0, 0.05) is 40.6 Å². The topological polar surface area (TPSA) is 90.0 Å². The molecule has 0 aliphatic carbocycles. The number of hydrogen-bond acceptors (Lipinski definition) is 6. The molecule has 0 aromatic carbocycles. The average Bonchev–Trinajstić information content (AvgIpc) is 2.98. The number of rotatable bonds is 4. The van der Waals surface area contributed by atoms with E-state index in [9.17, 15) is 9.50 Å². The van der Waals surface area contributed by atoms with E-state index in [2.05, 4.69) is 39.3 Å². The Bertz CT molecular complexity index is 985. The van der Waals surface area contributed by atoms with Crippen molar-refractivity contribution in [2.45, 2.75) is 25.9 Å². The van der Waals surface area contributed by atoms with Gasteiger partial charge in [-0.2, -0.15) is 5.10 Å². The Kier molecular flexibility index (Phi) is 4.99. The van der Waals surface area contributed by atoms with Crippen LogP contribution >= 0.6 is 0 Å². The summed E-state index contributed by atoms with van der Waals surface area (Å²) in [6.45, 7) is 6.58. The van der Waals surface area contributed by atoms with Crippen LogP contribution in [0.1, 0.15) is 23.1 Å². The lowest BCUT2D eigenvalue weighted by atomic mass is 9.92. The minimum absolute atomic E-state index is 0. The lowest BCUT2D eigenvalue weighted by Gasteiger charge is -2.33. The maximum Gasteiger partial charge on any atom is 0.181 e. The van der Waals surface area contributed by atoms with E-state index in [4.69, 9.17) is 0 Å². The van der Waals surface area contributed by atoms with Gasteiger partial charge in [-0.05, 0) is 36.6 Å². The maximum atomic E-state index is 14.6. The van der Waals surface area contributed by atoms with Crippen molar-refractivity contribution >= 4 is 16.9 Å². The summed E-state index contributed by atoms with van der Waals surface area (Å²) in [6.07, 6.45) is 2.33. The number of fused-ring (bicyclic) bond motifs is 1. The molecule has 1 aliphatic rings. The average molecular weight is 388 g/mol. The van der Waals surface area contributed by atoms with Crippen LogP contribution in [0, 0.1) is 11.7 Å². The van der Waals surface area contributed by atoms with Crippen molar-refractivity contribution in [3.05, 3.63) is 36.3 Å². The molecule has 152 valence electrons. The van der Waals surface area contributed by atoms with E-state index in [1.165, 1.54) is 6.07 Å². The van der Waals surface area contributed by atoms with E-state index >= 15 is 0 Å². The Hall–Kier alpha value is -2.58. The molecule has 3 N–H and O–H groups in total. The van der Waals surface area contributed by atoms with Crippen LogP contribution in [0.25, 0.3) is 22.4 Å². The molecule has 28 heavy (non-hydrogen) atoms. The van der Waals surface area contributed by atoms with Gasteiger partial charge < -0.3 is 15.3 Å². The molecule has 0 spiro atoms. The summed E-state index contributed by atoms with van der Waals surface area (Å²) in [4.78, 5) is 10.8. The Morgan fingerprint density at radius 2 is 2.21 bits per heavy atom. The molecule has 7 nitrogen and oxygen atoms in total. The van der Waals surface area contributed by atoms with E-state index in [1.54, 1.807) is 18.3 Å². The van der Waals surface area contributed by atoms with Gasteiger partial charge in [0.25, 0.3) is 0 Å². The standard InChI is InChI=1S/C20H25FN6O.2H2/c1-13(2)10-20(28)11-22-8-9-27(12-20)16-6-5-15(21)18(24-16)17-14-4-3-7-23-19(14)26-25-17;;/h3-7,13,22,28H,8-12H2,1-2H3,(H,23,25,26);2*1H. The first-order chi connectivity index (χ1) is 13.5. The molecule has 1 fully saturated rings. The molecule has 8 heteroatoms. The van der Waals surface area contributed by atoms with Gasteiger partial charge in [-0.15, -0.1) is 0 Å². The fourth-order valence-electron chi connectivity index (χ4n) is 3.93. The zero-order chi connectivity index (χ0) is 19.7. The molecule has 1 atom stereocenters. The zero-order valence-corrected chi connectivity index (χ0v) is 16.1. The molecule has 1 unspecified atom stereocenters. The normalized spacial score (nSPS) is 20.7.